The van der Waals surface area contributed by atoms with E-state index in [1.54, 1.807) is 0 Å². The third-order valence-electron chi connectivity index (χ3n) is 2.30. The van der Waals surface area contributed by atoms with E-state index in [0.717, 1.165) is 0 Å². The number of nitro benzene ring substituents is 1. The first-order valence-corrected chi connectivity index (χ1v) is 5.14. The molecule has 1 atom stereocenters. The van der Waals surface area contributed by atoms with E-state index >= 15 is 0 Å². The number of hydrogen-bond donors (Lipinski definition) is 2. The minimum absolute atomic E-state index is 0.00597. The summed E-state index contributed by atoms with van der Waals surface area (Å²) < 4.78 is 0. The van der Waals surface area contributed by atoms with Crippen molar-refractivity contribution in [1.82, 2.24) is 0 Å². The third-order valence-corrected chi connectivity index (χ3v) is 2.30. The Morgan fingerprint density at radius 2 is 2.35 bits per heavy atom. The van der Waals surface area contributed by atoms with Gasteiger partial charge in [-0.25, -0.2) is 0 Å². The lowest BCUT2D eigenvalue weighted by molar-refractivity contribution is -0.384. The molecular weight excluding hydrogens is 222 g/mol. The predicted octanol–water partition coefficient (Wildman–Crippen LogP) is 1.65. The smallest absolute Gasteiger partial charge is 0.270 e. The fourth-order valence-electron chi connectivity index (χ4n) is 1.40. The first kappa shape index (κ1) is 12.9. The van der Waals surface area contributed by atoms with Crippen molar-refractivity contribution in [3.8, 4) is 6.07 Å². The fraction of sp³-hybridized carbons (Fsp3) is 0.364. The van der Waals surface area contributed by atoms with Crippen LogP contribution in [0.3, 0.4) is 0 Å². The molecule has 0 bridgehead atoms. The van der Waals surface area contributed by atoms with Gasteiger partial charge in [-0.05, 0) is 19.4 Å². The minimum atomic E-state index is -0.540. The topological polar surface area (TPSA) is 99.2 Å². The average Bonchev–Trinajstić information content (AvgIpc) is 2.29. The summed E-state index contributed by atoms with van der Waals surface area (Å²) in [5, 5.41) is 31.2. The number of non-ortho nitro benzene ring substituents is 1. The Morgan fingerprint density at radius 3 is 2.88 bits per heavy atom. The molecule has 0 fully saturated rings. The van der Waals surface area contributed by atoms with Crippen molar-refractivity contribution in [1.29, 1.82) is 5.26 Å². The van der Waals surface area contributed by atoms with Gasteiger partial charge in [-0.2, -0.15) is 5.26 Å². The second-order valence-electron chi connectivity index (χ2n) is 3.66. The van der Waals surface area contributed by atoms with Gasteiger partial charge < -0.3 is 10.4 Å². The van der Waals surface area contributed by atoms with E-state index in [9.17, 15) is 10.1 Å². The van der Waals surface area contributed by atoms with Crippen molar-refractivity contribution < 1.29 is 10.0 Å². The molecule has 0 aliphatic heterocycles. The fourth-order valence-corrected chi connectivity index (χ4v) is 1.40. The van der Waals surface area contributed by atoms with Gasteiger partial charge >= 0.3 is 0 Å². The molecule has 1 aromatic rings. The second-order valence-corrected chi connectivity index (χ2v) is 3.66. The number of aliphatic hydroxyl groups excluding tert-OH is 1. The Kier molecular flexibility index (Phi) is 4.43. The molecule has 0 aromatic heterocycles. The summed E-state index contributed by atoms with van der Waals surface area (Å²) >= 11 is 0. The molecule has 0 saturated heterocycles. The molecular formula is C11H13N3O3. The number of nitrogens with one attached hydrogen (secondary N) is 1. The molecule has 6 heteroatoms. The molecule has 0 heterocycles. The van der Waals surface area contributed by atoms with Gasteiger partial charge in [0.2, 0.25) is 0 Å². The Balaban J connectivity index is 2.94. The van der Waals surface area contributed by atoms with Gasteiger partial charge in [0.15, 0.2) is 0 Å². The third kappa shape index (κ3) is 3.43. The summed E-state index contributed by atoms with van der Waals surface area (Å²) in [7, 11) is 0. The lowest BCUT2D eigenvalue weighted by Gasteiger charge is -2.14. The number of rotatable bonds is 5. The number of benzene rings is 1. The molecule has 0 spiro atoms. The number of hydrogen-bond acceptors (Lipinski definition) is 5. The maximum atomic E-state index is 10.5. The van der Waals surface area contributed by atoms with Gasteiger partial charge in [0.1, 0.15) is 6.07 Å². The first-order chi connectivity index (χ1) is 8.08. The van der Waals surface area contributed by atoms with Crippen molar-refractivity contribution >= 4 is 11.4 Å². The van der Waals surface area contributed by atoms with Crippen molar-refractivity contribution in [2.24, 2.45) is 0 Å². The maximum absolute atomic E-state index is 10.5. The molecule has 0 radical (unpaired) electrons. The summed E-state index contributed by atoms with van der Waals surface area (Å²) in [4.78, 5) is 10.0. The summed E-state index contributed by atoms with van der Waals surface area (Å²) in [5.74, 6) is 0. The lowest BCUT2D eigenvalue weighted by Crippen LogP contribution is -2.17. The summed E-state index contributed by atoms with van der Waals surface area (Å²) in [6, 6.07) is 5.98. The Morgan fingerprint density at radius 1 is 1.65 bits per heavy atom. The SMILES string of the molecule is CC(CCO)Nc1ccc([N+](=O)[O-])cc1C#N. The predicted molar refractivity (Wildman–Crippen MR) is 62.6 cm³/mol. The molecule has 1 unspecified atom stereocenters. The van der Waals surface area contributed by atoms with E-state index in [-0.39, 0.29) is 23.9 Å². The molecule has 1 rings (SSSR count). The van der Waals surface area contributed by atoms with Crippen LogP contribution < -0.4 is 5.32 Å². The van der Waals surface area contributed by atoms with Gasteiger partial charge in [0, 0.05) is 24.8 Å². The van der Waals surface area contributed by atoms with Gasteiger partial charge in [-0.3, -0.25) is 10.1 Å². The zero-order valence-corrected chi connectivity index (χ0v) is 9.38. The molecule has 90 valence electrons. The minimum Gasteiger partial charge on any atom is -0.396 e. The van der Waals surface area contributed by atoms with Crippen LogP contribution in [0.15, 0.2) is 18.2 Å². The van der Waals surface area contributed by atoms with Crippen LogP contribution in [0.5, 0.6) is 0 Å². The van der Waals surface area contributed by atoms with Crippen LogP contribution in [0.4, 0.5) is 11.4 Å². The molecule has 17 heavy (non-hydrogen) atoms. The number of nitrogens with zero attached hydrogens (tertiary/aromatic N) is 2. The zero-order chi connectivity index (χ0) is 12.8. The summed E-state index contributed by atoms with van der Waals surface area (Å²) in [5.41, 5.74) is 0.657. The average molecular weight is 235 g/mol. The van der Waals surface area contributed by atoms with E-state index in [2.05, 4.69) is 5.32 Å². The highest BCUT2D eigenvalue weighted by Crippen LogP contribution is 2.22. The lowest BCUT2D eigenvalue weighted by atomic mass is 10.1. The largest absolute Gasteiger partial charge is 0.396 e. The van der Waals surface area contributed by atoms with Crippen LogP contribution in [0.25, 0.3) is 0 Å². The van der Waals surface area contributed by atoms with Crippen LogP contribution >= 0.6 is 0 Å². The first-order valence-electron chi connectivity index (χ1n) is 5.14. The van der Waals surface area contributed by atoms with Crippen molar-refractivity contribution in [3.05, 3.63) is 33.9 Å². The van der Waals surface area contributed by atoms with E-state index in [1.165, 1.54) is 18.2 Å². The van der Waals surface area contributed by atoms with Gasteiger partial charge in [-0.1, -0.05) is 0 Å². The molecule has 2 N–H and O–H groups in total. The van der Waals surface area contributed by atoms with E-state index in [1.807, 2.05) is 13.0 Å². The highest BCUT2D eigenvalue weighted by molar-refractivity contribution is 5.61. The Hall–Kier alpha value is -2.13. The number of aliphatic hydroxyl groups is 1. The molecule has 6 nitrogen and oxygen atoms in total. The normalized spacial score (nSPS) is 11.6. The van der Waals surface area contributed by atoms with Crippen molar-refractivity contribution in [3.63, 3.8) is 0 Å². The summed E-state index contributed by atoms with van der Waals surface area (Å²) in [6.45, 7) is 1.90. The van der Waals surface area contributed by atoms with Crippen LogP contribution in [-0.2, 0) is 0 Å². The Labute approximate surface area is 98.6 Å². The van der Waals surface area contributed by atoms with E-state index < -0.39 is 4.92 Å². The number of nitriles is 1. The molecule has 0 aliphatic carbocycles. The highest BCUT2D eigenvalue weighted by Gasteiger charge is 2.11. The quantitative estimate of drug-likeness (QED) is 0.597. The molecule has 1 aromatic carbocycles. The maximum Gasteiger partial charge on any atom is 0.270 e. The second kappa shape index (κ2) is 5.82. The van der Waals surface area contributed by atoms with Crippen molar-refractivity contribution in [2.75, 3.05) is 11.9 Å². The standard InChI is InChI=1S/C11H13N3O3/c1-8(4-5-15)13-11-3-2-10(14(16)17)6-9(11)7-12/h2-3,6,8,13,15H,4-5H2,1H3. The molecule has 0 aliphatic rings. The van der Waals surface area contributed by atoms with Crippen molar-refractivity contribution in [2.45, 2.75) is 19.4 Å². The van der Waals surface area contributed by atoms with Gasteiger partial charge in [0.05, 0.1) is 16.2 Å². The van der Waals surface area contributed by atoms with Gasteiger partial charge in [-0.15, -0.1) is 0 Å². The van der Waals surface area contributed by atoms with Crippen LogP contribution in [0.2, 0.25) is 0 Å². The van der Waals surface area contributed by atoms with E-state index in [4.69, 9.17) is 10.4 Å². The highest BCUT2D eigenvalue weighted by atomic mass is 16.6. The van der Waals surface area contributed by atoms with Crippen LogP contribution in [0.1, 0.15) is 18.9 Å². The van der Waals surface area contributed by atoms with E-state index in [0.29, 0.717) is 12.1 Å². The summed E-state index contributed by atoms with van der Waals surface area (Å²) in [6.07, 6.45) is 0.544. The monoisotopic (exact) mass is 235 g/mol. The number of nitro groups is 1. The molecule has 0 saturated carbocycles. The van der Waals surface area contributed by atoms with Gasteiger partial charge in [0.25, 0.3) is 5.69 Å². The Bertz CT molecular complexity index is 454. The zero-order valence-electron chi connectivity index (χ0n) is 9.38. The van der Waals surface area contributed by atoms with Crippen LogP contribution in [-0.4, -0.2) is 22.7 Å². The number of anilines is 1. The molecule has 0 amide bonds. The van der Waals surface area contributed by atoms with Crippen LogP contribution in [0, 0.1) is 21.4 Å².